The maximum Gasteiger partial charge on any atom is 0.321 e. The number of anilines is 2. The summed E-state index contributed by atoms with van der Waals surface area (Å²) in [4.78, 5) is 26.7. The zero-order chi connectivity index (χ0) is 17.9. The molecule has 1 saturated heterocycles. The second kappa shape index (κ2) is 7.41. The Morgan fingerprint density at radius 1 is 1.32 bits per heavy atom. The largest absolute Gasteiger partial charge is 0.381 e. The van der Waals surface area contributed by atoms with Crippen LogP contribution in [0, 0.1) is 5.41 Å². The highest BCUT2D eigenvalue weighted by molar-refractivity contribution is 5.98. The monoisotopic (exact) mass is 346 g/mol. The average molecular weight is 346 g/mol. The number of nitrogens with zero attached hydrogens (tertiary/aromatic N) is 1. The molecule has 0 aliphatic carbocycles. The van der Waals surface area contributed by atoms with Gasteiger partial charge in [-0.1, -0.05) is 6.07 Å². The lowest BCUT2D eigenvalue weighted by Gasteiger charge is -2.34. The van der Waals surface area contributed by atoms with Gasteiger partial charge in [-0.3, -0.25) is 9.69 Å². The van der Waals surface area contributed by atoms with Crippen LogP contribution < -0.4 is 21.3 Å². The van der Waals surface area contributed by atoms with Gasteiger partial charge in [-0.25, -0.2) is 4.79 Å². The summed E-state index contributed by atoms with van der Waals surface area (Å²) >= 11 is 0. The zero-order valence-corrected chi connectivity index (χ0v) is 14.6. The van der Waals surface area contributed by atoms with Crippen molar-refractivity contribution in [3.63, 3.8) is 0 Å². The van der Waals surface area contributed by atoms with Gasteiger partial charge < -0.3 is 21.1 Å². The van der Waals surface area contributed by atoms with Gasteiger partial charge in [0.25, 0.3) is 0 Å². The fraction of sp³-hybridized carbons (Fsp3) is 0.556. The SMILES string of the molecule is CCNC(=O)N1CCc2ccc(NC(=O)C3(CN)CCOCC3)cc21. The minimum Gasteiger partial charge on any atom is -0.381 e. The van der Waals surface area contributed by atoms with Crippen LogP contribution in [0.15, 0.2) is 18.2 Å². The van der Waals surface area contributed by atoms with E-state index in [0.717, 1.165) is 17.7 Å². The first-order valence-electron chi connectivity index (χ1n) is 8.87. The Morgan fingerprint density at radius 3 is 2.76 bits per heavy atom. The predicted octanol–water partition coefficient (Wildman–Crippen LogP) is 1.47. The number of hydrogen-bond donors (Lipinski definition) is 3. The molecule has 1 aromatic rings. The standard InChI is InChI=1S/C18H26N4O3/c1-2-20-17(24)22-8-5-13-3-4-14(11-15(13)22)21-16(23)18(12-19)6-9-25-10-7-18/h3-4,11H,2,5-10,12,19H2,1H3,(H,20,24)(H,21,23). The molecular formula is C18H26N4O3. The minimum absolute atomic E-state index is 0.0687. The summed E-state index contributed by atoms with van der Waals surface area (Å²) in [5.74, 6) is -0.0687. The number of urea groups is 1. The first kappa shape index (κ1) is 17.7. The molecule has 4 N–H and O–H groups in total. The van der Waals surface area contributed by atoms with Gasteiger partial charge in [-0.2, -0.15) is 0 Å². The molecule has 0 spiro atoms. The van der Waals surface area contributed by atoms with Crippen LogP contribution in [0.1, 0.15) is 25.3 Å². The number of amides is 3. The lowest BCUT2D eigenvalue weighted by molar-refractivity contribution is -0.130. The van der Waals surface area contributed by atoms with E-state index in [4.69, 9.17) is 10.5 Å². The topological polar surface area (TPSA) is 96.7 Å². The Kier molecular flexibility index (Phi) is 5.24. The third kappa shape index (κ3) is 3.48. The summed E-state index contributed by atoms with van der Waals surface area (Å²) in [6, 6.07) is 5.64. The Bertz CT molecular complexity index is 656. The minimum atomic E-state index is -0.573. The molecule has 0 atom stereocenters. The van der Waals surface area contributed by atoms with Crippen molar-refractivity contribution in [2.75, 3.05) is 43.1 Å². The molecule has 7 heteroatoms. The fourth-order valence-electron chi connectivity index (χ4n) is 3.46. The van der Waals surface area contributed by atoms with E-state index in [1.807, 2.05) is 25.1 Å². The Morgan fingerprint density at radius 2 is 2.08 bits per heavy atom. The molecule has 2 aliphatic heterocycles. The zero-order valence-electron chi connectivity index (χ0n) is 14.6. The summed E-state index contributed by atoms with van der Waals surface area (Å²) in [7, 11) is 0. The molecule has 0 aromatic heterocycles. The molecule has 0 saturated carbocycles. The van der Waals surface area contributed by atoms with Gasteiger partial charge in [0.1, 0.15) is 0 Å². The molecule has 0 radical (unpaired) electrons. The van der Waals surface area contributed by atoms with Crippen molar-refractivity contribution < 1.29 is 14.3 Å². The van der Waals surface area contributed by atoms with E-state index in [-0.39, 0.29) is 11.9 Å². The van der Waals surface area contributed by atoms with E-state index in [1.165, 1.54) is 0 Å². The highest BCUT2D eigenvalue weighted by Gasteiger charge is 2.39. The van der Waals surface area contributed by atoms with Crippen molar-refractivity contribution in [3.05, 3.63) is 23.8 Å². The van der Waals surface area contributed by atoms with Gasteiger partial charge in [-0.15, -0.1) is 0 Å². The maximum absolute atomic E-state index is 12.8. The molecule has 3 amide bonds. The van der Waals surface area contributed by atoms with E-state index in [1.54, 1.807) is 4.90 Å². The summed E-state index contributed by atoms with van der Waals surface area (Å²) in [6.07, 6.45) is 2.08. The number of hydrogen-bond acceptors (Lipinski definition) is 4. The number of benzene rings is 1. The first-order valence-corrected chi connectivity index (χ1v) is 8.87. The number of rotatable bonds is 4. The molecule has 0 bridgehead atoms. The molecule has 25 heavy (non-hydrogen) atoms. The predicted molar refractivity (Wildman–Crippen MR) is 96.7 cm³/mol. The lowest BCUT2D eigenvalue weighted by atomic mass is 9.79. The van der Waals surface area contributed by atoms with Crippen LogP contribution in [0.4, 0.5) is 16.2 Å². The molecule has 3 rings (SSSR count). The molecule has 1 fully saturated rings. The summed E-state index contributed by atoms with van der Waals surface area (Å²) in [6.45, 7) is 4.55. The van der Waals surface area contributed by atoms with E-state index in [9.17, 15) is 9.59 Å². The van der Waals surface area contributed by atoms with Crippen LogP contribution in [-0.2, 0) is 16.0 Å². The number of nitrogens with two attached hydrogens (primary N) is 1. The first-order chi connectivity index (χ1) is 12.1. The van der Waals surface area contributed by atoms with E-state index in [0.29, 0.717) is 51.4 Å². The van der Waals surface area contributed by atoms with Gasteiger partial charge in [0, 0.05) is 38.5 Å². The quantitative estimate of drug-likeness (QED) is 0.769. The normalized spacial score (nSPS) is 18.6. The maximum atomic E-state index is 12.8. The van der Waals surface area contributed by atoms with E-state index < -0.39 is 5.41 Å². The van der Waals surface area contributed by atoms with Crippen LogP contribution in [0.5, 0.6) is 0 Å². The second-order valence-corrected chi connectivity index (χ2v) is 6.63. The molecule has 2 heterocycles. The van der Waals surface area contributed by atoms with Crippen molar-refractivity contribution >= 4 is 23.3 Å². The molecule has 2 aliphatic rings. The Labute approximate surface area is 147 Å². The summed E-state index contributed by atoms with van der Waals surface area (Å²) in [5.41, 5.74) is 7.99. The Balaban J connectivity index is 1.77. The number of fused-ring (bicyclic) bond motifs is 1. The highest BCUT2D eigenvalue weighted by Crippen LogP contribution is 2.34. The van der Waals surface area contributed by atoms with Gasteiger partial charge in [-0.05, 0) is 43.9 Å². The smallest absolute Gasteiger partial charge is 0.321 e. The molecule has 136 valence electrons. The van der Waals surface area contributed by atoms with Crippen molar-refractivity contribution in [2.24, 2.45) is 11.1 Å². The summed E-state index contributed by atoms with van der Waals surface area (Å²) < 4.78 is 5.36. The van der Waals surface area contributed by atoms with Crippen LogP contribution in [-0.4, -0.2) is 44.8 Å². The molecular weight excluding hydrogens is 320 g/mol. The average Bonchev–Trinajstić information content (AvgIpc) is 3.05. The number of nitrogens with one attached hydrogen (secondary N) is 2. The van der Waals surface area contributed by atoms with Gasteiger partial charge in [0.2, 0.25) is 5.91 Å². The third-order valence-corrected chi connectivity index (χ3v) is 5.13. The molecule has 1 aromatic carbocycles. The number of carbonyl (C=O) groups excluding carboxylic acids is 2. The summed E-state index contributed by atoms with van der Waals surface area (Å²) in [5, 5.41) is 5.82. The Hall–Kier alpha value is -2.12. The lowest BCUT2D eigenvalue weighted by Crippen LogP contribution is -2.46. The molecule has 7 nitrogen and oxygen atoms in total. The van der Waals surface area contributed by atoms with Crippen LogP contribution >= 0.6 is 0 Å². The second-order valence-electron chi connectivity index (χ2n) is 6.63. The van der Waals surface area contributed by atoms with Crippen molar-refractivity contribution in [2.45, 2.75) is 26.2 Å². The van der Waals surface area contributed by atoms with E-state index >= 15 is 0 Å². The number of ether oxygens (including phenoxy) is 1. The van der Waals surface area contributed by atoms with Crippen molar-refractivity contribution in [1.29, 1.82) is 0 Å². The molecule has 0 unspecified atom stereocenters. The van der Waals surface area contributed by atoms with Crippen LogP contribution in [0.2, 0.25) is 0 Å². The van der Waals surface area contributed by atoms with Crippen molar-refractivity contribution in [1.82, 2.24) is 5.32 Å². The highest BCUT2D eigenvalue weighted by atomic mass is 16.5. The van der Waals surface area contributed by atoms with Gasteiger partial charge >= 0.3 is 6.03 Å². The fourth-order valence-corrected chi connectivity index (χ4v) is 3.46. The van der Waals surface area contributed by atoms with E-state index in [2.05, 4.69) is 10.6 Å². The van der Waals surface area contributed by atoms with Crippen molar-refractivity contribution in [3.8, 4) is 0 Å². The van der Waals surface area contributed by atoms with Crippen LogP contribution in [0.3, 0.4) is 0 Å². The number of carbonyl (C=O) groups is 2. The third-order valence-electron chi connectivity index (χ3n) is 5.13. The van der Waals surface area contributed by atoms with Gasteiger partial charge in [0.05, 0.1) is 11.1 Å². The van der Waals surface area contributed by atoms with Gasteiger partial charge in [0.15, 0.2) is 0 Å². The van der Waals surface area contributed by atoms with Crippen LogP contribution in [0.25, 0.3) is 0 Å².